The summed E-state index contributed by atoms with van der Waals surface area (Å²) in [4.78, 5) is 4.18. The van der Waals surface area contributed by atoms with Gasteiger partial charge in [-0.05, 0) is 33.6 Å². The van der Waals surface area contributed by atoms with E-state index in [2.05, 4.69) is 24.0 Å². The lowest BCUT2D eigenvalue weighted by molar-refractivity contribution is 0.385. The summed E-state index contributed by atoms with van der Waals surface area (Å²) in [5.74, 6) is 1.86. The van der Waals surface area contributed by atoms with Crippen molar-refractivity contribution in [1.82, 2.24) is 19.9 Å². The van der Waals surface area contributed by atoms with E-state index >= 15 is 0 Å². The van der Waals surface area contributed by atoms with Crippen LogP contribution in [0.15, 0.2) is 10.7 Å². The van der Waals surface area contributed by atoms with Gasteiger partial charge in [0.05, 0.1) is 22.1 Å². The van der Waals surface area contributed by atoms with E-state index in [-0.39, 0.29) is 6.04 Å². The smallest absolute Gasteiger partial charge is 0.143 e. The molecule has 0 spiro atoms. The van der Waals surface area contributed by atoms with Gasteiger partial charge in [-0.25, -0.2) is 4.98 Å². The molecule has 3 aromatic heterocycles. The van der Waals surface area contributed by atoms with Crippen molar-refractivity contribution >= 4 is 28.3 Å². The summed E-state index contributed by atoms with van der Waals surface area (Å²) in [6, 6.07) is 0.139. The second kappa shape index (κ2) is 4.96. The highest BCUT2D eigenvalue weighted by Gasteiger charge is 2.32. The second-order valence-corrected chi connectivity index (χ2v) is 6.80. The minimum atomic E-state index is 0.139. The maximum atomic E-state index is 6.36. The SMILES string of the molecule is Cc1c(-c2nn(C(C)C)c3c(Cl)cnc(N)c23)noc1C1CC1. The number of hydrogen-bond acceptors (Lipinski definition) is 5. The molecule has 1 aliphatic rings. The average molecular weight is 332 g/mol. The van der Waals surface area contributed by atoms with Crippen molar-refractivity contribution < 1.29 is 4.52 Å². The minimum Gasteiger partial charge on any atom is -0.383 e. The molecule has 0 saturated heterocycles. The van der Waals surface area contributed by atoms with Crippen LogP contribution in [-0.2, 0) is 0 Å². The Kier molecular flexibility index (Phi) is 3.13. The molecule has 0 aliphatic heterocycles. The van der Waals surface area contributed by atoms with E-state index in [9.17, 15) is 0 Å². The molecule has 0 radical (unpaired) electrons. The van der Waals surface area contributed by atoms with Gasteiger partial charge in [0.1, 0.15) is 23.0 Å². The Morgan fingerprint density at radius 1 is 1.35 bits per heavy atom. The zero-order valence-corrected chi connectivity index (χ0v) is 14.1. The predicted octanol–water partition coefficient (Wildman–Crippen LogP) is 4.09. The van der Waals surface area contributed by atoms with Gasteiger partial charge in [0, 0.05) is 17.5 Å². The highest BCUT2D eigenvalue weighted by Crippen LogP contribution is 2.45. The second-order valence-electron chi connectivity index (χ2n) is 6.40. The number of pyridine rings is 1. The fourth-order valence-electron chi connectivity index (χ4n) is 2.99. The topological polar surface area (TPSA) is 82.8 Å². The van der Waals surface area contributed by atoms with Gasteiger partial charge in [-0.2, -0.15) is 5.10 Å². The highest BCUT2D eigenvalue weighted by molar-refractivity contribution is 6.35. The number of fused-ring (bicyclic) bond motifs is 1. The minimum absolute atomic E-state index is 0.139. The largest absolute Gasteiger partial charge is 0.383 e. The summed E-state index contributed by atoms with van der Waals surface area (Å²) in [7, 11) is 0. The van der Waals surface area contributed by atoms with Crippen LogP contribution in [0.25, 0.3) is 22.3 Å². The Labute approximate surface area is 138 Å². The van der Waals surface area contributed by atoms with Crippen LogP contribution in [0.5, 0.6) is 0 Å². The molecule has 23 heavy (non-hydrogen) atoms. The van der Waals surface area contributed by atoms with Crippen LogP contribution in [0.4, 0.5) is 5.82 Å². The zero-order valence-electron chi connectivity index (χ0n) is 13.3. The first-order valence-corrected chi connectivity index (χ1v) is 8.15. The summed E-state index contributed by atoms with van der Waals surface area (Å²) in [6.07, 6.45) is 3.88. The Hall–Kier alpha value is -2.08. The van der Waals surface area contributed by atoms with E-state index in [4.69, 9.17) is 27.0 Å². The van der Waals surface area contributed by atoms with Crippen LogP contribution >= 0.6 is 11.6 Å². The van der Waals surface area contributed by atoms with E-state index in [1.165, 1.54) is 0 Å². The van der Waals surface area contributed by atoms with Crippen molar-refractivity contribution in [3.63, 3.8) is 0 Å². The summed E-state index contributed by atoms with van der Waals surface area (Å²) < 4.78 is 7.44. The van der Waals surface area contributed by atoms with Gasteiger partial charge in [-0.1, -0.05) is 16.8 Å². The first-order chi connectivity index (χ1) is 11.0. The Balaban J connectivity index is 2.02. The quantitative estimate of drug-likeness (QED) is 0.781. The number of rotatable bonds is 3. The molecule has 7 heteroatoms. The van der Waals surface area contributed by atoms with Crippen LogP contribution in [0.1, 0.15) is 50.0 Å². The van der Waals surface area contributed by atoms with Gasteiger partial charge in [0.15, 0.2) is 0 Å². The van der Waals surface area contributed by atoms with Crippen molar-refractivity contribution in [2.45, 2.75) is 45.6 Å². The maximum Gasteiger partial charge on any atom is 0.143 e. The number of nitrogens with two attached hydrogens (primary N) is 1. The van der Waals surface area contributed by atoms with E-state index in [0.29, 0.717) is 22.5 Å². The average Bonchev–Trinajstić information content (AvgIpc) is 3.15. The fraction of sp³-hybridized carbons (Fsp3) is 0.438. The molecule has 3 aromatic rings. The molecule has 0 unspecified atom stereocenters. The van der Waals surface area contributed by atoms with E-state index in [0.717, 1.165) is 40.8 Å². The Morgan fingerprint density at radius 3 is 2.74 bits per heavy atom. The predicted molar refractivity (Wildman–Crippen MR) is 89.5 cm³/mol. The molecule has 1 aliphatic carbocycles. The third-order valence-corrected chi connectivity index (χ3v) is 4.61. The van der Waals surface area contributed by atoms with Crippen LogP contribution in [0, 0.1) is 6.92 Å². The molecular weight excluding hydrogens is 314 g/mol. The normalized spacial score (nSPS) is 15.0. The lowest BCUT2D eigenvalue weighted by Gasteiger charge is -2.07. The summed E-state index contributed by atoms with van der Waals surface area (Å²) in [6.45, 7) is 6.12. The molecule has 6 nitrogen and oxygen atoms in total. The summed E-state index contributed by atoms with van der Waals surface area (Å²) in [5.41, 5.74) is 9.36. The standard InChI is InChI=1S/C16H18ClN5O/c1-7(2)22-14-10(17)6-19-16(18)11(14)13(20-22)12-8(3)15(23-21-12)9-4-5-9/h6-7,9H,4-5H2,1-3H3,(H2,18,19). The number of hydrogen-bond donors (Lipinski definition) is 1. The maximum absolute atomic E-state index is 6.36. The number of nitrogen functional groups attached to an aromatic ring is 1. The van der Waals surface area contributed by atoms with Gasteiger partial charge in [0.2, 0.25) is 0 Å². The molecule has 3 heterocycles. The molecular formula is C16H18ClN5O. The fourth-order valence-corrected chi connectivity index (χ4v) is 3.22. The van der Waals surface area contributed by atoms with Crippen molar-refractivity contribution in [3.05, 3.63) is 22.5 Å². The monoisotopic (exact) mass is 331 g/mol. The molecule has 0 atom stereocenters. The zero-order chi connectivity index (χ0) is 16.3. The lowest BCUT2D eigenvalue weighted by atomic mass is 10.1. The molecule has 0 amide bonds. The highest BCUT2D eigenvalue weighted by atomic mass is 35.5. The van der Waals surface area contributed by atoms with Crippen molar-refractivity contribution in [2.24, 2.45) is 0 Å². The van der Waals surface area contributed by atoms with Gasteiger partial charge < -0.3 is 10.3 Å². The molecule has 120 valence electrons. The number of halogens is 1. The Bertz CT molecular complexity index is 907. The van der Waals surface area contributed by atoms with Crippen LogP contribution in [-0.4, -0.2) is 19.9 Å². The van der Waals surface area contributed by atoms with E-state index in [1.54, 1.807) is 6.20 Å². The molecule has 1 saturated carbocycles. The molecule has 2 N–H and O–H groups in total. The van der Waals surface area contributed by atoms with Crippen molar-refractivity contribution in [2.75, 3.05) is 5.73 Å². The number of nitrogens with zero attached hydrogens (tertiary/aromatic N) is 4. The van der Waals surface area contributed by atoms with Crippen LogP contribution in [0.3, 0.4) is 0 Å². The van der Waals surface area contributed by atoms with Crippen molar-refractivity contribution in [1.29, 1.82) is 0 Å². The first kappa shape index (κ1) is 14.5. The molecule has 4 rings (SSSR count). The third kappa shape index (κ3) is 2.12. The molecule has 0 bridgehead atoms. The van der Waals surface area contributed by atoms with E-state index < -0.39 is 0 Å². The molecule has 0 aromatic carbocycles. The van der Waals surface area contributed by atoms with Gasteiger partial charge in [-0.15, -0.1) is 0 Å². The van der Waals surface area contributed by atoms with Crippen molar-refractivity contribution in [3.8, 4) is 11.4 Å². The Morgan fingerprint density at radius 2 is 2.09 bits per heavy atom. The third-order valence-electron chi connectivity index (χ3n) is 4.33. The van der Waals surface area contributed by atoms with Crippen LogP contribution < -0.4 is 5.73 Å². The number of anilines is 1. The van der Waals surface area contributed by atoms with Crippen LogP contribution in [0.2, 0.25) is 5.02 Å². The van der Waals surface area contributed by atoms with E-state index in [1.807, 2.05) is 11.6 Å². The van der Waals surface area contributed by atoms with Gasteiger partial charge in [0.25, 0.3) is 0 Å². The van der Waals surface area contributed by atoms with Gasteiger partial charge in [-0.3, -0.25) is 4.68 Å². The lowest BCUT2D eigenvalue weighted by Crippen LogP contribution is -2.03. The first-order valence-electron chi connectivity index (χ1n) is 7.77. The van der Waals surface area contributed by atoms with Gasteiger partial charge >= 0.3 is 0 Å². The summed E-state index contributed by atoms with van der Waals surface area (Å²) in [5, 5.41) is 10.3. The molecule has 1 fully saturated rings. The number of aromatic nitrogens is 4. The summed E-state index contributed by atoms with van der Waals surface area (Å²) >= 11 is 6.36.